The molecule has 4 aromatic rings. The number of aromatic nitrogens is 1. The number of rotatable bonds is 6. The number of nitrogens with zero attached hydrogens (tertiary/aromatic N) is 3. The Morgan fingerprint density at radius 1 is 1.00 bits per heavy atom. The van der Waals surface area contributed by atoms with Gasteiger partial charge in [-0.15, -0.1) is 11.3 Å². The summed E-state index contributed by atoms with van der Waals surface area (Å²) in [5.41, 5.74) is -1.59. The first-order chi connectivity index (χ1) is 21.4. The van der Waals surface area contributed by atoms with E-state index in [9.17, 15) is 36.4 Å². The molecular formula is C32H27F3N4O4S2. The second-order valence-electron chi connectivity index (χ2n) is 10.4. The van der Waals surface area contributed by atoms with Gasteiger partial charge in [0.1, 0.15) is 10.7 Å². The molecule has 1 saturated heterocycles. The van der Waals surface area contributed by atoms with Crippen LogP contribution in [-0.2, 0) is 21.0 Å². The molecule has 1 fully saturated rings. The lowest BCUT2D eigenvalue weighted by atomic mass is 10.1. The molecule has 232 valence electrons. The summed E-state index contributed by atoms with van der Waals surface area (Å²) < 4.78 is 70.4. The van der Waals surface area contributed by atoms with Gasteiger partial charge in [0.2, 0.25) is 10.0 Å². The highest BCUT2D eigenvalue weighted by molar-refractivity contribution is 7.89. The Bertz CT molecular complexity index is 2110. The van der Waals surface area contributed by atoms with Crippen LogP contribution < -0.4 is 20.1 Å². The first-order valence-corrected chi connectivity index (χ1v) is 16.2. The lowest BCUT2D eigenvalue weighted by Gasteiger charge is -2.26. The molecule has 5 rings (SSSR count). The number of nitrogens with one attached hydrogen (secondary N) is 1. The van der Waals surface area contributed by atoms with Crippen molar-refractivity contribution in [3.63, 3.8) is 0 Å². The monoisotopic (exact) mass is 652 g/mol. The van der Waals surface area contributed by atoms with Crippen molar-refractivity contribution in [1.29, 1.82) is 5.26 Å². The van der Waals surface area contributed by atoms with Gasteiger partial charge in [0.25, 0.3) is 11.5 Å². The van der Waals surface area contributed by atoms with Gasteiger partial charge in [-0.1, -0.05) is 54.4 Å². The lowest BCUT2D eigenvalue weighted by molar-refractivity contribution is -0.137. The molecule has 0 unspecified atom stereocenters. The summed E-state index contributed by atoms with van der Waals surface area (Å²) in [4.78, 5) is 27.2. The van der Waals surface area contributed by atoms with E-state index in [1.54, 1.807) is 24.3 Å². The molecule has 13 heteroatoms. The number of thiazole rings is 1. The normalized spacial score (nSPS) is 15.4. The fraction of sp³-hybridized carbons (Fsp3) is 0.219. The summed E-state index contributed by atoms with van der Waals surface area (Å²) in [6, 6.07) is 18.8. The predicted octanol–water partition coefficient (Wildman–Crippen LogP) is 4.54. The standard InChI is InChI=1S/C32H27F3N4O4S2/c1-21-9-7-10-22(17-21)18-28-30(41)39(27-14-4-3-13-26(27)32(33,34)35)31(44-28)25(20-36)29(40)37-23-11-8-12-24(19-23)45(42,43)38-15-5-2-6-16-38/h3-4,7-14,17-19H,2,5-6,15-16H2,1H3,(H,37,40). The van der Waals surface area contributed by atoms with Gasteiger partial charge in [-0.3, -0.25) is 14.2 Å². The Kier molecular flexibility index (Phi) is 9.11. The third-order valence-electron chi connectivity index (χ3n) is 7.21. The summed E-state index contributed by atoms with van der Waals surface area (Å²) in [6.07, 6.45) is -0.956. The van der Waals surface area contributed by atoms with Crippen molar-refractivity contribution in [1.82, 2.24) is 8.87 Å². The first-order valence-electron chi connectivity index (χ1n) is 13.9. The number of halogens is 3. The summed E-state index contributed by atoms with van der Waals surface area (Å²) in [5, 5.41) is 12.6. The van der Waals surface area contributed by atoms with Gasteiger partial charge >= 0.3 is 6.18 Å². The quantitative estimate of drug-likeness (QED) is 0.329. The van der Waals surface area contributed by atoms with Crippen LogP contribution in [0.5, 0.6) is 0 Å². The number of carbonyl (C=O) groups is 1. The van der Waals surface area contributed by atoms with Crippen molar-refractivity contribution in [3.05, 3.63) is 109 Å². The minimum atomic E-state index is -4.84. The van der Waals surface area contributed by atoms with Crippen LogP contribution in [0.4, 0.5) is 18.9 Å². The topological polar surface area (TPSA) is 112 Å². The Hall–Kier alpha value is -4.51. The second kappa shape index (κ2) is 12.8. The third-order valence-corrected chi connectivity index (χ3v) is 10.2. The van der Waals surface area contributed by atoms with Crippen molar-refractivity contribution in [2.24, 2.45) is 0 Å². The molecule has 2 heterocycles. The molecule has 1 amide bonds. The number of anilines is 1. The molecule has 1 aliphatic heterocycles. The molecule has 0 radical (unpaired) electrons. The number of benzene rings is 3. The maximum atomic E-state index is 14.1. The Labute approximate surface area is 261 Å². The molecule has 3 aromatic carbocycles. The fourth-order valence-corrected chi connectivity index (χ4v) is 7.72. The predicted molar refractivity (Wildman–Crippen MR) is 166 cm³/mol. The molecule has 1 aliphatic rings. The van der Waals surface area contributed by atoms with Gasteiger partial charge in [-0.25, -0.2) is 8.42 Å². The highest BCUT2D eigenvalue weighted by Crippen LogP contribution is 2.33. The highest BCUT2D eigenvalue weighted by Gasteiger charge is 2.35. The largest absolute Gasteiger partial charge is 0.418 e. The van der Waals surface area contributed by atoms with Crippen LogP contribution in [-0.4, -0.2) is 36.3 Å². The molecule has 0 saturated carbocycles. The average molecular weight is 653 g/mol. The summed E-state index contributed by atoms with van der Waals surface area (Å²) in [5.74, 6) is -1.02. The lowest BCUT2D eigenvalue weighted by Crippen LogP contribution is -2.35. The molecule has 45 heavy (non-hydrogen) atoms. The fourth-order valence-electron chi connectivity index (χ4n) is 5.07. The Balaban J connectivity index is 1.66. The number of sulfonamides is 1. The van der Waals surface area contributed by atoms with Crippen LogP contribution >= 0.6 is 11.3 Å². The maximum absolute atomic E-state index is 14.1. The number of amides is 1. The minimum absolute atomic E-state index is 0.00255. The number of carbonyl (C=O) groups excluding carboxylic acids is 1. The van der Waals surface area contributed by atoms with Crippen molar-refractivity contribution in [3.8, 4) is 11.8 Å². The number of piperidine rings is 1. The van der Waals surface area contributed by atoms with Crippen molar-refractivity contribution in [2.45, 2.75) is 37.3 Å². The van der Waals surface area contributed by atoms with E-state index in [1.807, 2.05) is 13.0 Å². The molecular weight excluding hydrogens is 626 g/mol. The highest BCUT2D eigenvalue weighted by atomic mass is 32.2. The molecule has 0 spiro atoms. The summed E-state index contributed by atoms with van der Waals surface area (Å²) >= 11 is 0.703. The molecule has 0 aliphatic carbocycles. The smallest absolute Gasteiger partial charge is 0.321 e. The van der Waals surface area contributed by atoms with Crippen molar-refractivity contribution < 1.29 is 26.4 Å². The van der Waals surface area contributed by atoms with E-state index >= 15 is 0 Å². The number of alkyl halides is 3. The van der Waals surface area contributed by atoms with Gasteiger partial charge in [0.05, 0.1) is 20.7 Å². The minimum Gasteiger partial charge on any atom is -0.321 e. The number of para-hydroxylation sites is 1. The Morgan fingerprint density at radius 3 is 2.40 bits per heavy atom. The van der Waals surface area contributed by atoms with Crippen LogP contribution in [0.25, 0.3) is 17.3 Å². The van der Waals surface area contributed by atoms with Crippen LogP contribution in [0.3, 0.4) is 0 Å². The number of hydrogen-bond donors (Lipinski definition) is 1. The number of hydrogen-bond acceptors (Lipinski definition) is 6. The Morgan fingerprint density at radius 2 is 1.71 bits per heavy atom. The zero-order valence-corrected chi connectivity index (χ0v) is 25.6. The van der Waals surface area contributed by atoms with Crippen LogP contribution in [0.2, 0.25) is 0 Å². The molecule has 0 atom stereocenters. The van der Waals surface area contributed by atoms with Crippen molar-refractivity contribution in [2.75, 3.05) is 18.4 Å². The molecule has 8 nitrogen and oxygen atoms in total. The van der Waals surface area contributed by atoms with Crippen LogP contribution in [0.1, 0.15) is 36.0 Å². The van der Waals surface area contributed by atoms with Gasteiger partial charge in [0, 0.05) is 18.8 Å². The zero-order valence-electron chi connectivity index (χ0n) is 24.0. The average Bonchev–Trinajstić information content (AvgIpc) is 3.32. The SMILES string of the molecule is Cc1cccc(C=c2sc(=C(C#N)C(=O)Nc3cccc(S(=O)(=O)N4CCCCC4)c3)n(-c3ccccc3C(F)(F)F)c2=O)c1. The van der Waals surface area contributed by atoms with Gasteiger partial charge in [0.15, 0.2) is 5.57 Å². The van der Waals surface area contributed by atoms with E-state index in [2.05, 4.69) is 5.32 Å². The maximum Gasteiger partial charge on any atom is 0.418 e. The van der Waals surface area contributed by atoms with E-state index in [-0.39, 0.29) is 19.8 Å². The van der Waals surface area contributed by atoms with E-state index < -0.39 is 44.5 Å². The van der Waals surface area contributed by atoms with E-state index in [4.69, 9.17) is 0 Å². The number of nitriles is 1. The zero-order chi connectivity index (χ0) is 32.4. The van der Waals surface area contributed by atoms with Crippen LogP contribution in [0.15, 0.2) is 82.5 Å². The van der Waals surface area contributed by atoms with Crippen molar-refractivity contribution >= 4 is 44.6 Å². The van der Waals surface area contributed by atoms with E-state index in [0.29, 0.717) is 30.0 Å². The number of aryl methyl sites for hydroxylation is 1. The van der Waals surface area contributed by atoms with E-state index in [0.717, 1.165) is 41.5 Å². The molecule has 0 bridgehead atoms. The van der Waals surface area contributed by atoms with Gasteiger partial charge < -0.3 is 5.32 Å². The molecule has 1 aromatic heterocycles. The summed E-state index contributed by atoms with van der Waals surface area (Å²) in [7, 11) is -3.84. The van der Waals surface area contributed by atoms with Crippen LogP contribution in [0, 0.1) is 18.3 Å². The summed E-state index contributed by atoms with van der Waals surface area (Å²) in [6.45, 7) is 2.60. The molecule has 1 N–H and O–H groups in total. The third kappa shape index (κ3) is 6.78. The first kappa shape index (κ1) is 31.9. The van der Waals surface area contributed by atoms with Gasteiger partial charge in [-0.05, 0) is 61.7 Å². The van der Waals surface area contributed by atoms with E-state index in [1.165, 1.54) is 46.8 Å². The second-order valence-corrected chi connectivity index (χ2v) is 13.4. The van der Waals surface area contributed by atoms with Gasteiger partial charge in [-0.2, -0.15) is 22.7 Å².